The molecule has 0 aliphatic heterocycles. The maximum atomic E-state index is 13.5. The number of carbonyl (C=O) groups excluding carboxylic acids is 1. The minimum Gasteiger partial charge on any atom is -0.308 e. The van der Waals surface area contributed by atoms with E-state index in [0.29, 0.717) is 29.3 Å². The summed E-state index contributed by atoms with van der Waals surface area (Å²) in [5.74, 6) is -0.0717. The second-order valence-electron chi connectivity index (χ2n) is 8.35. The van der Waals surface area contributed by atoms with Gasteiger partial charge in [0.15, 0.2) is 15.0 Å². The van der Waals surface area contributed by atoms with Crippen molar-refractivity contribution in [2.75, 3.05) is 38.3 Å². The van der Waals surface area contributed by atoms with Crippen molar-refractivity contribution >= 4 is 54.8 Å². The van der Waals surface area contributed by atoms with E-state index in [9.17, 15) is 13.2 Å². The zero-order chi connectivity index (χ0) is 22.2. The van der Waals surface area contributed by atoms with Crippen molar-refractivity contribution in [3.63, 3.8) is 0 Å². The first-order valence-electron chi connectivity index (χ1n) is 10.4. The Hall–Kier alpha value is -2.00. The predicted molar refractivity (Wildman–Crippen MR) is 133 cm³/mol. The van der Waals surface area contributed by atoms with E-state index in [1.54, 1.807) is 23.1 Å². The molecule has 1 heterocycles. The van der Waals surface area contributed by atoms with Gasteiger partial charge in [-0.05, 0) is 81.2 Å². The number of rotatable bonds is 6. The zero-order valence-corrected chi connectivity index (χ0v) is 20.9. The fourth-order valence-electron chi connectivity index (χ4n) is 3.85. The summed E-state index contributed by atoms with van der Waals surface area (Å²) in [4.78, 5) is 22.2. The van der Waals surface area contributed by atoms with Crippen molar-refractivity contribution < 1.29 is 13.2 Å². The van der Waals surface area contributed by atoms with Crippen LogP contribution in [-0.2, 0) is 22.7 Å². The van der Waals surface area contributed by atoms with Crippen LogP contribution in [0.3, 0.4) is 0 Å². The van der Waals surface area contributed by atoms with Gasteiger partial charge in [0.1, 0.15) is 0 Å². The smallest absolute Gasteiger partial charge is 0.260 e. The van der Waals surface area contributed by atoms with Gasteiger partial charge >= 0.3 is 0 Å². The molecule has 0 radical (unpaired) electrons. The maximum Gasteiger partial charge on any atom is 0.260 e. The van der Waals surface area contributed by atoms with Crippen molar-refractivity contribution in [1.29, 1.82) is 0 Å². The summed E-state index contributed by atoms with van der Waals surface area (Å²) in [6.45, 7) is 1.20. The van der Waals surface area contributed by atoms with Crippen molar-refractivity contribution in [3.8, 4) is 0 Å². The summed E-state index contributed by atoms with van der Waals surface area (Å²) in [6.07, 6.45) is 5.66. The quantitative estimate of drug-likeness (QED) is 0.514. The van der Waals surface area contributed by atoms with E-state index in [2.05, 4.69) is 11.1 Å². The molecule has 1 aliphatic rings. The normalized spacial score (nSPS) is 13.6. The molecule has 0 N–H and O–H groups in total. The Kier molecular flexibility index (Phi) is 7.60. The minimum absolute atomic E-state index is 0. The molecule has 6 nitrogen and oxygen atoms in total. The van der Waals surface area contributed by atoms with Gasteiger partial charge in [-0.2, -0.15) is 0 Å². The average molecular weight is 494 g/mol. The Morgan fingerprint density at radius 3 is 2.44 bits per heavy atom. The van der Waals surface area contributed by atoms with Crippen LogP contribution in [0.5, 0.6) is 0 Å². The fourth-order valence-corrected chi connectivity index (χ4v) is 5.60. The Morgan fingerprint density at radius 1 is 1.03 bits per heavy atom. The highest BCUT2D eigenvalue weighted by atomic mass is 35.5. The topological polar surface area (TPSA) is 70.6 Å². The van der Waals surface area contributed by atoms with E-state index in [1.807, 2.05) is 31.1 Å². The molecule has 0 bridgehead atoms. The van der Waals surface area contributed by atoms with E-state index in [-0.39, 0.29) is 23.2 Å². The number of hydrogen-bond acceptors (Lipinski definition) is 6. The highest BCUT2D eigenvalue weighted by Gasteiger charge is 2.23. The Labute approximate surface area is 199 Å². The number of halogens is 1. The highest BCUT2D eigenvalue weighted by molar-refractivity contribution is 7.90. The van der Waals surface area contributed by atoms with Gasteiger partial charge in [-0.1, -0.05) is 17.4 Å². The van der Waals surface area contributed by atoms with Crippen LogP contribution < -0.4 is 4.90 Å². The maximum absolute atomic E-state index is 13.5. The summed E-state index contributed by atoms with van der Waals surface area (Å²) in [5, 5.41) is 0.588. The molecule has 4 rings (SSSR count). The zero-order valence-electron chi connectivity index (χ0n) is 18.5. The first-order valence-corrected chi connectivity index (χ1v) is 13.1. The molecule has 3 aromatic rings. The van der Waals surface area contributed by atoms with E-state index in [4.69, 9.17) is 0 Å². The van der Waals surface area contributed by atoms with Crippen molar-refractivity contribution in [1.82, 2.24) is 9.88 Å². The van der Waals surface area contributed by atoms with Crippen LogP contribution in [0, 0.1) is 0 Å². The largest absolute Gasteiger partial charge is 0.308 e. The van der Waals surface area contributed by atoms with Gasteiger partial charge in [-0.25, -0.2) is 13.4 Å². The Bertz CT molecular complexity index is 1240. The van der Waals surface area contributed by atoms with E-state index in [0.717, 1.165) is 24.0 Å². The molecule has 9 heteroatoms. The van der Waals surface area contributed by atoms with E-state index < -0.39 is 9.84 Å². The van der Waals surface area contributed by atoms with Gasteiger partial charge in [0.25, 0.3) is 5.91 Å². The summed E-state index contributed by atoms with van der Waals surface area (Å²) < 4.78 is 24.6. The highest BCUT2D eigenvalue weighted by Crippen LogP contribution is 2.32. The third-order valence-electron chi connectivity index (χ3n) is 5.62. The van der Waals surface area contributed by atoms with Gasteiger partial charge in [-0.3, -0.25) is 9.69 Å². The first kappa shape index (κ1) is 24.6. The number of aryl methyl sites for hydroxylation is 2. The second-order valence-corrected chi connectivity index (χ2v) is 11.4. The molecule has 1 aromatic heterocycles. The van der Waals surface area contributed by atoms with Gasteiger partial charge in [0, 0.05) is 24.9 Å². The van der Waals surface area contributed by atoms with Crippen molar-refractivity contribution in [2.45, 2.75) is 30.6 Å². The molecule has 32 heavy (non-hydrogen) atoms. The number of sulfone groups is 1. The molecule has 2 aromatic carbocycles. The first-order chi connectivity index (χ1) is 14.7. The number of thiazole rings is 1. The molecular formula is C23H28ClN3O3S2. The summed E-state index contributed by atoms with van der Waals surface area (Å²) in [5.41, 5.74) is 3.98. The molecular weight excluding hydrogens is 466 g/mol. The summed E-state index contributed by atoms with van der Waals surface area (Å²) in [6, 6.07) is 11.0. The fraction of sp³-hybridized carbons (Fsp3) is 0.391. The van der Waals surface area contributed by atoms with Gasteiger partial charge < -0.3 is 4.90 Å². The third kappa shape index (κ3) is 5.31. The molecule has 0 saturated carbocycles. The molecule has 0 unspecified atom stereocenters. The minimum atomic E-state index is -3.30. The number of carbonyl (C=O) groups is 1. The Balaban J connectivity index is 0.00000289. The van der Waals surface area contributed by atoms with E-state index in [1.165, 1.54) is 35.1 Å². The van der Waals surface area contributed by atoms with Crippen LogP contribution in [0.4, 0.5) is 5.13 Å². The lowest BCUT2D eigenvalue weighted by Crippen LogP contribution is -2.36. The molecule has 0 spiro atoms. The number of nitrogens with zero attached hydrogens (tertiary/aromatic N) is 3. The lowest BCUT2D eigenvalue weighted by Gasteiger charge is -2.23. The van der Waals surface area contributed by atoms with Gasteiger partial charge in [-0.15, -0.1) is 12.4 Å². The van der Waals surface area contributed by atoms with Crippen LogP contribution in [0.2, 0.25) is 0 Å². The van der Waals surface area contributed by atoms with Gasteiger partial charge in [0.2, 0.25) is 0 Å². The summed E-state index contributed by atoms with van der Waals surface area (Å²) in [7, 11) is 0.638. The monoisotopic (exact) mass is 493 g/mol. The van der Waals surface area contributed by atoms with Crippen LogP contribution in [-0.4, -0.2) is 57.6 Å². The molecule has 0 saturated heterocycles. The van der Waals surface area contributed by atoms with Crippen LogP contribution in [0.1, 0.15) is 34.3 Å². The Morgan fingerprint density at radius 2 is 1.75 bits per heavy atom. The molecule has 1 aliphatic carbocycles. The van der Waals surface area contributed by atoms with Crippen molar-refractivity contribution in [3.05, 3.63) is 53.1 Å². The molecule has 0 fully saturated rings. The SMILES string of the molecule is CN(C)CCN(C(=O)c1ccc2c(c1)CCCC2)c1nc2ccc(S(C)(=O)=O)cc2s1.Cl. The molecule has 1 amide bonds. The third-order valence-corrected chi connectivity index (χ3v) is 7.77. The van der Waals surface area contributed by atoms with Crippen LogP contribution >= 0.6 is 23.7 Å². The lowest BCUT2D eigenvalue weighted by molar-refractivity contribution is 0.0985. The number of anilines is 1. The molecule has 0 atom stereocenters. The number of amides is 1. The van der Waals surface area contributed by atoms with Gasteiger partial charge in [0.05, 0.1) is 15.1 Å². The van der Waals surface area contributed by atoms with Crippen molar-refractivity contribution in [2.24, 2.45) is 0 Å². The van der Waals surface area contributed by atoms with Crippen LogP contribution in [0.25, 0.3) is 10.2 Å². The number of hydrogen-bond donors (Lipinski definition) is 0. The second kappa shape index (κ2) is 9.87. The van der Waals surface area contributed by atoms with E-state index >= 15 is 0 Å². The number of aromatic nitrogens is 1. The summed E-state index contributed by atoms with van der Waals surface area (Å²) >= 11 is 1.35. The number of benzene rings is 2. The lowest BCUT2D eigenvalue weighted by atomic mass is 9.90. The van der Waals surface area contributed by atoms with Crippen LogP contribution in [0.15, 0.2) is 41.3 Å². The molecule has 172 valence electrons. The number of fused-ring (bicyclic) bond motifs is 2. The average Bonchev–Trinajstić information content (AvgIpc) is 3.15. The predicted octanol–water partition coefficient (Wildman–Crippen LogP) is 4.21. The number of likely N-dealkylation sites (N-methyl/N-ethyl adjacent to an activating group) is 1. The standard InChI is InChI=1S/C23H27N3O3S2.ClH/c1-25(2)12-13-26(22(27)18-9-8-16-6-4-5-7-17(16)14-18)23-24-20-11-10-19(31(3,28)29)15-21(20)30-23;/h8-11,14-15H,4-7,12-13H2,1-3H3;1H.